The lowest BCUT2D eigenvalue weighted by molar-refractivity contribution is -0.108. The van der Waals surface area contributed by atoms with Crippen LogP contribution in [0.5, 0.6) is 0 Å². The van der Waals surface area contributed by atoms with Crippen LogP contribution in [0.3, 0.4) is 0 Å². The summed E-state index contributed by atoms with van der Waals surface area (Å²) in [6.07, 6.45) is 1.38. The highest BCUT2D eigenvalue weighted by molar-refractivity contribution is 5.51. The van der Waals surface area contributed by atoms with Gasteiger partial charge in [-0.05, 0) is 30.0 Å². The van der Waals surface area contributed by atoms with Gasteiger partial charge in [0, 0.05) is 6.42 Å². The van der Waals surface area contributed by atoms with Gasteiger partial charge in [-0.2, -0.15) is 0 Å². The van der Waals surface area contributed by atoms with Crippen molar-refractivity contribution in [3.05, 3.63) is 35.1 Å². The molecule has 0 radical (unpaired) electrons. The van der Waals surface area contributed by atoms with Crippen LogP contribution in [0.4, 0.5) is 4.39 Å². The van der Waals surface area contributed by atoms with E-state index in [-0.39, 0.29) is 11.7 Å². The first-order chi connectivity index (χ1) is 6.15. The predicted molar refractivity (Wildman–Crippen MR) is 50.2 cm³/mol. The molecule has 0 aliphatic rings. The highest BCUT2D eigenvalue weighted by Crippen LogP contribution is 2.20. The van der Waals surface area contributed by atoms with E-state index in [9.17, 15) is 9.18 Å². The average Bonchev–Trinajstić information content (AvgIpc) is 2.10. The van der Waals surface area contributed by atoms with E-state index in [4.69, 9.17) is 0 Å². The summed E-state index contributed by atoms with van der Waals surface area (Å²) >= 11 is 0. The zero-order chi connectivity index (χ0) is 9.84. The van der Waals surface area contributed by atoms with Crippen molar-refractivity contribution in [3.63, 3.8) is 0 Å². The maximum atomic E-state index is 12.9. The second-order valence-electron chi connectivity index (χ2n) is 3.31. The summed E-state index contributed by atoms with van der Waals surface area (Å²) in [7, 11) is 0. The monoisotopic (exact) mass is 180 g/mol. The Kier molecular flexibility index (Phi) is 3.18. The SMILES string of the molecule is Cc1cc(C(C)CC=O)ccc1F. The molecule has 1 unspecified atom stereocenters. The molecule has 0 bridgehead atoms. The molecule has 0 spiro atoms. The normalized spacial score (nSPS) is 12.5. The maximum absolute atomic E-state index is 12.9. The van der Waals surface area contributed by atoms with E-state index in [0.717, 1.165) is 11.8 Å². The van der Waals surface area contributed by atoms with Crippen LogP contribution in [0, 0.1) is 12.7 Å². The van der Waals surface area contributed by atoms with Gasteiger partial charge < -0.3 is 4.79 Å². The van der Waals surface area contributed by atoms with Gasteiger partial charge in [0.2, 0.25) is 0 Å². The Labute approximate surface area is 77.6 Å². The molecule has 13 heavy (non-hydrogen) atoms. The lowest BCUT2D eigenvalue weighted by Gasteiger charge is -2.08. The van der Waals surface area contributed by atoms with Crippen molar-refractivity contribution in [2.45, 2.75) is 26.2 Å². The molecule has 2 heteroatoms. The van der Waals surface area contributed by atoms with E-state index in [0.29, 0.717) is 12.0 Å². The zero-order valence-electron chi connectivity index (χ0n) is 7.88. The molecule has 0 aliphatic heterocycles. The maximum Gasteiger partial charge on any atom is 0.126 e. The quantitative estimate of drug-likeness (QED) is 0.654. The molecule has 0 saturated carbocycles. The van der Waals surface area contributed by atoms with E-state index in [1.807, 2.05) is 6.92 Å². The standard InChI is InChI=1S/C11H13FO/c1-8(5-6-13)10-3-4-11(12)9(2)7-10/h3-4,6-8H,5H2,1-2H3. The fourth-order valence-electron chi connectivity index (χ4n) is 1.25. The van der Waals surface area contributed by atoms with Gasteiger partial charge >= 0.3 is 0 Å². The van der Waals surface area contributed by atoms with Crippen LogP contribution in [-0.4, -0.2) is 6.29 Å². The number of rotatable bonds is 3. The molecular weight excluding hydrogens is 167 g/mol. The van der Waals surface area contributed by atoms with Gasteiger partial charge in [0.1, 0.15) is 12.1 Å². The van der Waals surface area contributed by atoms with Crippen molar-refractivity contribution in [3.8, 4) is 0 Å². The van der Waals surface area contributed by atoms with E-state index in [1.54, 1.807) is 19.1 Å². The molecule has 1 atom stereocenters. The van der Waals surface area contributed by atoms with Crippen LogP contribution in [0.1, 0.15) is 30.4 Å². The predicted octanol–water partition coefficient (Wildman–Crippen LogP) is 2.83. The van der Waals surface area contributed by atoms with Gasteiger partial charge in [-0.1, -0.05) is 19.1 Å². The molecule has 1 aromatic rings. The Morgan fingerprint density at radius 1 is 1.54 bits per heavy atom. The number of benzene rings is 1. The summed E-state index contributed by atoms with van der Waals surface area (Å²) in [6, 6.07) is 4.98. The first kappa shape index (κ1) is 9.90. The van der Waals surface area contributed by atoms with Crippen molar-refractivity contribution in [2.75, 3.05) is 0 Å². The average molecular weight is 180 g/mol. The molecule has 0 aromatic heterocycles. The molecule has 0 N–H and O–H groups in total. The van der Waals surface area contributed by atoms with Crippen LogP contribution in [0.25, 0.3) is 0 Å². The third-order valence-corrected chi connectivity index (χ3v) is 2.20. The highest BCUT2D eigenvalue weighted by Gasteiger charge is 2.06. The lowest BCUT2D eigenvalue weighted by atomic mass is 9.97. The fraction of sp³-hybridized carbons (Fsp3) is 0.364. The Morgan fingerprint density at radius 2 is 2.23 bits per heavy atom. The third kappa shape index (κ3) is 2.38. The molecule has 1 rings (SSSR count). The van der Waals surface area contributed by atoms with E-state index in [1.165, 1.54) is 6.07 Å². The van der Waals surface area contributed by atoms with Gasteiger partial charge in [0.05, 0.1) is 0 Å². The lowest BCUT2D eigenvalue weighted by Crippen LogP contribution is -1.95. The van der Waals surface area contributed by atoms with Crippen molar-refractivity contribution in [1.82, 2.24) is 0 Å². The minimum atomic E-state index is -0.193. The van der Waals surface area contributed by atoms with Gasteiger partial charge in [-0.25, -0.2) is 4.39 Å². The number of aryl methyl sites for hydroxylation is 1. The molecule has 0 amide bonds. The highest BCUT2D eigenvalue weighted by atomic mass is 19.1. The second-order valence-corrected chi connectivity index (χ2v) is 3.31. The molecule has 0 fully saturated rings. The fourth-order valence-corrected chi connectivity index (χ4v) is 1.25. The van der Waals surface area contributed by atoms with E-state index in [2.05, 4.69) is 0 Å². The van der Waals surface area contributed by atoms with E-state index >= 15 is 0 Å². The van der Waals surface area contributed by atoms with Crippen LogP contribution in [-0.2, 0) is 4.79 Å². The van der Waals surface area contributed by atoms with E-state index < -0.39 is 0 Å². The van der Waals surface area contributed by atoms with Crippen LogP contribution in [0.2, 0.25) is 0 Å². The van der Waals surface area contributed by atoms with Crippen molar-refractivity contribution in [1.29, 1.82) is 0 Å². The minimum absolute atomic E-state index is 0.178. The number of carbonyl (C=O) groups is 1. The van der Waals surface area contributed by atoms with Crippen LogP contribution < -0.4 is 0 Å². The smallest absolute Gasteiger partial charge is 0.126 e. The largest absolute Gasteiger partial charge is 0.303 e. The number of carbonyl (C=O) groups excluding carboxylic acids is 1. The summed E-state index contributed by atoms with van der Waals surface area (Å²) in [5, 5.41) is 0. The number of hydrogen-bond acceptors (Lipinski definition) is 1. The van der Waals surface area contributed by atoms with Gasteiger partial charge in [0.15, 0.2) is 0 Å². The van der Waals surface area contributed by atoms with Crippen molar-refractivity contribution < 1.29 is 9.18 Å². The van der Waals surface area contributed by atoms with Crippen LogP contribution in [0.15, 0.2) is 18.2 Å². The molecule has 1 nitrogen and oxygen atoms in total. The summed E-state index contributed by atoms with van der Waals surface area (Å²) in [4.78, 5) is 10.3. The number of halogens is 1. The van der Waals surface area contributed by atoms with Gasteiger partial charge in [-0.15, -0.1) is 0 Å². The molecule has 70 valence electrons. The topological polar surface area (TPSA) is 17.1 Å². The third-order valence-electron chi connectivity index (χ3n) is 2.20. The number of aldehydes is 1. The summed E-state index contributed by atoms with van der Waals surface area (Å²) < 4.78 is 12.9. The summed E-state index contributed by atoms with van der Waals surface area (Å²) in [5.74, 6) is -0.0150. The molecule has 0 aliphatic carbocycles. The molecule has 0 saturated heterocycles. The first-order valence-corrected chi connectivity index (χ1v) is 4.35. The number of hydrogen-bond donors (Lipinski definition) is 0. The summed E-state index contributed by atoms with van der Waals surface area (Å²) in [5.41, 5.74) is 1.65. The second kappa shape index (κ2) is 4.17. The van der Waals surface area contributed by atoms with Gasteiger partial charge in [0.25, 0.3) is 0 Å². The van der Waals surface area contributed by atoms with Gasteiger partial charge in [-0.3, -0.25) is 0 Å². The Morgan fingerprint density at radius 3 is 2.77 bits per heavy atom. The Bertz CT molecular complexity index is 307. The van der Waals surface area contributed by atoms with Crippen molar-refractivity contribution >= 4 is 6.29 Å². The molecular formula is C11H13FO. The zero-order valence-corrected chi connectivity index (χ0v) is 7.88. The minimum Gasteiger partial charge on any atom is -0.303 e. The molecule has 0 heterocycles. The summed E-state index contributed by atoms with van der Waals surface area (Å²) in [6.45, 7) is 3.69. The van der Waals surface area contributed by atoms with Crippen LogP contribution >= 0.6 is 0 Å². The Balaban J connectivity index is 2.89. The van der Waals surface area contributed by atoms with Crippen molar-refractivity contribution in [2.24, 2.45) is 0 Å². The first-order valence-electron chi connectivity index (χ1n) is 4.35. The molecule has 1 aromatic carbocycles. The Hall–Kier alpha value is -1.18.